The van der Waals surface area contributed by atoms with Gasteiger partial charge >= 0.3 is 0 Å². The second kappa shape index (κ2) is 10.1. The van der Waals surface area contributed by atoms with Crippen molar-refractivity contribution in [1.82, 2.24) is 4.90 Å². The van der Waals surface area contributed by atoms with Crippen LogP contribution in [0.4, 0.5) is 5.69 Å². The van der Waals surface area contributed by atoms with Crippen molar-refractivity contribution in [2.45, 2.75) is 6.04 Å². The zero-order valence-corrected chi connectivity index (χ0v) is 17.6. The van der Waals surface area contributed by atoms with Crippen LogP contribution in [0.5, 0.6) is 11.5 Å². The van der Waals surface area contributed by atoms with Gasteiger partial charge in [-0.3, -0.25) is 19.7 Å². The summed E-state index contributed by atoms with van der Waals surface area (Å²) < 4.78 is 10.4. The van der Waals surface area contributed by atoms with Gasteiger partial charge in [-0.1, -0.05) is 18.2 Å². The highest BCUT2D eigenvalue weighted by molar-refractivity contribution is 6.46. The highest BCUT2D eigenvalue weighted by Crippen LogP contribution is 2.41. The van der Waals surface area contributed by atoms with Gasteiger partial charge in [-0.25, -0.2) is 0 Å². The molecule has 174 valence electrons. The van der Waals surface area contributed by atoms with Crippen molar-refractivity contribution in [3.63, 3.8) is 0 Å². The van der Waals surface area contributed by atoms with E-state index >= 15 is 0 Å². The Bertz CT molecular complexity index is 1110. The number of nitro benzene ring substituents is 1. The third-order valence-corrected chi connectivity index (χ3v) is 5.10. The monoisotopic (exact) mass is 458 g/mol. The van der Waals surface area contributed by atoms with Crippen LogP contribution in [0.3, 0.4) is 0 Å². The molecule has 0 saturated carbocycles. The van der Waals surface area contributed by atoms with Crippen molar-refractivity contribution in [2.24, 2.45) is 0 Å². The van der Waals surface area contributed by atoms with Gasteiger partial charge in [-0.15, -0.1) is 0 Å². The number of nitro groups is 1. The molecule has 3 rings (SSSR count). The summed E-state index contributed by atoms with van der Waals surface area (Å²) in [5, 5.41) is 40.9. The molecular formula is C22H22N2O9. The maximum Gasteiger partial charge on any atom is 0.295 e. The number of hydrogen-bond acceptors (Lipinski definition) is 9. The molecule has 1 amide bonds. The number of carbonyl (C=O) groups excluding carboxylic acids is 2. The zero-order valence-electron chi connectivity index (χ0n) is 17.6. The Balaban J connectivity index is 2.14. The molecule has 1 aliphatic rings. The number of amides is 1. The molecule has 1 unspecified atom stereocenters. The molecule has 3 N–H and O–H groups in total. The van der Waals surface area contributed by atoms with E-state index in [0.29, 0.717) is 5.56 Å². The number of phenolic OH excluding ortho intramolecular Hbond substituents is 1. The van der Waals surface area contributed by atoms with Crippen LogP contribution in [0.1, 0.15) is 17.2 Å². The fourth-order valence-electron chi connectivity index (χ4n) is 3.57. The first-order valence-corrected chi connectivity index (χ1v) is 9.88. The van der Waals surface area contributed by atoms with E-state index in [-0.39, 0.29) is 54.7 Å². The molecule has 1 heterocycles. The van der Waals surface area contributed by atoms with Crippen LogP contribution >= 0.6 is 0 Å². The van der Waals surface area contributed by atoms with E-state index in [1.54, 1.807) is 0 Å². The zero-order chi connectivity index (χ0) is 24.1. The van der Waals surface area contributed by atoms with Gasteiger partial charge in [0.1, 0.15) is 5.76 Å². The number of aliphatic hydroxyl groups is 2. The van der Waals surface area contributed by atoms with Gasteiger partial charge in [-0.05, 0) is 17.7 Å². The van der Waals surface area contributed by atoms with E-state index in [4.69, 9.17) is 14.6 Å². The number of benzene rings is 2. The normalized spacial score (nSPS) is 17.4. The first-order chi connectivity index (χ1) is 15.8. The van der Waals surface area contributed by atoms with Crippen molar-refractivity contribution in [3.8, 4) is 11.5 Å². The first-order valence-electron chi connectivity index (χ1n) is 9.88. The number of methoxy groups -OCH3 is 1. The lowest BCUT2D eigenvalue weighted by Gasteiger charge is -2.25. The van der Waals surface area contributed by atoms with Crippen molar-refractivity contribution in [2.75, 3.05) is 33.5 Å². The summed E-state index contributed by atoms with van der Waals surface area (Å²) in [5.41, 5.74) is -0.212. The van der Waals surface area contributed by atoms with Crippen molar-refractivity contribution >= 4 is 23.1 Å². The fourth-order valence-corrected chi connectivity index (χ4v) is 3.57. The summed E-state index contributed by atoms with van der Waals surface area (Å²) in [7, 11) is 1.33. The topological polar surface area (TPSA) is 160 Å². The molecule has 1 atom stereocenters. The molecule has 11 heteroatoms. The van der Waals surface area contributed by atoms with Crippen molar-refractivity contribution in [3.05, 3.63) is 69.3 Å². The number of aliphatic hydroxyl groups excluding tert-OH is 2. The summed E-state index contributed by atoms with van der Waals surface area (Å²) in [6.07, 6.45) is 0. The molecular weight excluding hydrogens is 436 g/mol. The lowest BCUT2D eigenvalue weighted by Crippen LogP contribution is -2.33. The summed E-state index contributed by atoms with van der Waals surface area (Å²) in [5.74, 6) is -2.52. The van der Waals surface area contributed by atoms with Crippen LogP contribution in [-0.4, -0.2) is 70.3 Å². The fraction of sp³-hybridized carbons (Fsp3) is 0.273. The maximum atomic E-state index is 12.9. The number of non-ortho nitro benzene ring substituents is 1. The molecule has 11 nitrogen and oxygen atoms in total. The second-order valence-electron chi connectivity index (χ2n) is 7.07. The molecule has 1 aliphatic heterocycles. The third kappa shape index (κ3) is 4.78. The molecule has 0 aliphatic carbocycles. The van der Waals surface area contributed by atoms with Gasteiger partial charge in [0.25, 0.3) is 17.4 Å². The summed E-state index contributed by atoms with van der Waals surface area (Å²) in [6.45, 7) is -0.209. The van der Waals surface area contributed by atoms with Gasteiger partial charge in [0, 0.05) is 24.2 Å². The minimum Gasteiger partial charge on any atom is -0.507 e. The third-order valence-electron chi connectivity index (χ3n) is 5.10. The van der Waals surface area contributed by atoms with E-state index < -0.39 is 28.4 Å². The lowest BCUT2D eigenvalue weighted by atomic mass is 9.95. The van der Waals surface area contributed by atoms with Gasteiger partial charge < -0.3 is 29.7 Å². The summed E-state index contributed by atoms with van der Waals surface area (Å²) in [6, 6.07) is 8.21. The lowest BCUT2D eigenvalue weighted by molar-refractivity contribution is -0.384. The molecule has 0 spiro atoms. The number of ketones is 1. The first kappa shape index (κ1) is 23.7. The standard InChI is InChI=1S/C22H22N2O9/c1-32-17-12-13(5-6-16(17)26)19-18(20(27)14-3-2-4-15(11-14)24(30)31)21(28)22(29)23(19)7-9-33-10-8-25/h2-6,11-12,19,25-27H,7-10H2,1H3/b20-18+. The van der Waals surface area contributed by atoms with Crippen LogP contribution in [0, 0.1) is 10.1 Å². The SMILES string of the molecule is COc1cc(C2/C(=C(\O)c3cccc([N+](=O)[O-])c3)C(=O)C(=O)N2CCOCCO)ccc1O. The maximum absolute atomic E-state index is 12.9. The number of carbonyl (C=O) groups is 2. The van der Waals surface area contributed by atoms with E-state index in [2.05, 4.69) is 0 Å². The number of likely N-dealkylation sites (tertiary alicyclic amines) is 1. The van der Waals surface area contributed by atoms with Gasteiger partial charge in [0.15, 0.2) is 11.5 Å². The molecule has 33 heavy (non-hydrogen) atoms. The molecule has 1 saturated heterocycles. The minimum absolute atomic E-state index is 0.00512. The largest absolute Gasteiger partial charge is 0.507 e. The van der Waals surface area contributed by atoms with E-state index in [1.807, 2.05) is 0 Å². The highest BCUT2D eigenvalue weighted by atomic mass is 16.6. The Kier molecular flexibility index (Phi) is 7.26. The quantitative estimate of drug-likeness (QED) is 0.127. The second-order valence-corrected chi connectivity index (χ2v) is 7.07. The number of aromatic hydroxyl groups is 1. The number of phenols is 1. The smallest absolute Gasteiger partial charge is 0.295 e. The van der Waals surface area contributed by atoms with Crippen molar-refractivity contribution in [1.29, 1.82) is 0 Å². The Morgan fingerprint density at radius 3 is 2.61 bits per heavy atom. The molecule has 2 aromatic rings. The molecule has 2 aromatic carbocycles. The number of nitrogens with zero attached hydrogens (tertiary/aromatic N) is 2. The van der Waals surface area contributed by atoms with Crippen LogP contribution in [0.25, 0.3) is 5.76 Å². The molecule has 0 bridgehead atoms. The molecule has 0 aromatic heterocycles. The highest BCUT2D eigenvalue weighted by Gasteiger charge is 2.46. The van der Waals surface area contributed by atoms with Gasteiger partial charge in [0.2, 0.25) is 0 Å². The Morgan fingerprint density at radius 2 is 1.94 bits per heavy atom. The van der Waals surface area contributed by atoms with Gasteiger partial charge in [0.05, 0.1) is 43.5 Å². The van der Waals surface area contributed by atoms with E-state index in [1.165, 1.54) is 48.4 Å². The Morgan fingerprint density at radius 1 is 1.18 bits per heavy atom. The molecule has 0 radical (unpaired) electrons. The van der Waals surface area contributed by atoms with Crippen molar-refractivity contribution < 1.29 is 39.3 Å². The predicted octanol–water partition coefficient (Wildman–Crippen LogP) is 1.74. The molecule has 1 fully saturated rings. The average Bonchev–Trinajstić information content (AvgIpc) is 3.06. The van der Waals surface area contributed by atoms with Crippen LogP contribution in [0.15, 0.2) is 48.0 Å². The summed E-state index contributed by atoms with van der Waals surface area (Å²) >= 11 is 0. The minimum atomic E-state index is -1.07. The van der Waals surface area contributed by atoms with Crippen LogP contribution < -0.4 is 4.74 Å². The van der Waals surface area contributed by atoms with Crippen LogP contribution in [-0.2, 0) is 14.3 Å². The summed E-state index contributed by atoms with van der Waals surface area (Å²) in [4.78, 5) is 37.5. The Labute approximate surface area is 188 Å². The van der Waals surface area contributed by atoms with Crippen LogP contribution in [0.2, 0.25) is 0 Å². The Hall–Kier alpha value is -3.96. The number of rotatable bonds is 9. The number of ether oxygens (including phenoxy) is 2. The number of Topliss-reactive ketones (excluding diaryl/α,β-unsaturated/α-hetero) is 1. The predicted molar refractivity (Wildman–Crippen MR) is 115 cm³/mol. The van der Waals surface area contributed by atoms with E-state index in [0.717, 1.165) is 6.07 Å². The average molecular weight is 458 g/mol. The number of hydrogen-bond donors (Lipinski definition) is 3. The van der Waals surface area contributed by atoms with E-state index in [9.17, 15) is 29.9 Å². The van der Waals surface area contributed by atoms with Gasteiger partial charge in [-0.2, -0.15) is 0 Å².